The predicted octanol–water partition coefficient (Wildman–Crippen LogP) is 4.25. The molecule has 0 aliphatic heterocycles. The number of hydrogen-bond donors (Lipinski definition) is 0. The van der Waals surface area contributed by atoms with Crippen molar-refractivity contribution in [2.24, 2.45) is 0 Å². The first-order chi connectivity index (χ1) is 10.1. The van der Waals surface area contributed by atoms with Crippen LogP contribution in [-0.4, -0.2) is 19.7 Å². The molecular formula is C13H12BrClN4O2. The van der Waals surface area contributed by atoms with Gasteiger partial charge in [0.25, 0.3) is 0 Å². The van der Waals surface area contributed by atoms with Gasteiger partial charge in [0.05, 0.1) is 4.92 Å². The van der Waals surface area contributed by atoms with Gasteiger partial charge in [0.15, 0.2) is 5.82 Å². The van der Waals surface area contributed by atoms with Crippen LogP contribution in [0.15, 0.2) is 22.8 Å². The van der Waals surface area contributed by atoms with Crippen LogP contribution in [0.2, 0.25) is 5.15 Å². The van der Waals surface area contributed by atoms with Crippen molar-refractivity contribution in [2.75, 3.05) is 0 Å². The van der Waals surface area contributed by atoms with Gasteiger partial charge in [-0.15, -0.1) is 0 Å². The van der Waals surface area contributed by atoms with Gasteiger partial charge in [-0.3, -0.25) is 10.1 Å². The number of nitro groups is 1. The van der Waals surface area contributed by atoms with E-state index < -0.39 is 4.92 Å². The topological polar surface area (TPSA) is 73.8 Å². The smallest absolute Gasteiger partial charge is 0.258 e. The number of pyridine rings is 1. The molecule has 1 saturated carbocycles. The van der Waals surface area contributed by atoms with Crippen molar-refractivity contribution in [3.8, 4) is 5.82 Å². The number of halogens is 2. The van der Waals surface area contributed by atoms with E-state index in [2.05, 4.69) is 26.0 Å². The third-order valence-corrected chi connectivity index (χ3v) is 4.49. The van der Waals surface area contributed by atoms with Gasteiger partial charge < -0.3 is 0 Å². The van der Waals surface area contributed by atoms with E-state index in [1.807, 2.05) is 0 Å². The molecule has 0 unspecified atom stereocenters. The largest absolute Gasteiger partial charge is 0.329 e. The van der Waals surface area contributed by atoms with Crippen LogP contribution < -0.4 is 0 Å². The molecule has 3 rings (SSSR count). The first kappa shape index (κ1) is 14.5. The molecule has 2 aromatic heterocycles. The van der Waals surface area contributed by atoms with Crippen molar-refractivity contribution in [1.82, 2.24) is 14.8 Å². The predicted molar refractivity (Wildman–Crippen MR) is 81.9 cm³/mol. The van der Waals surface area contributed by atoms with Crippen molar-refractivity contribution in [3.63, 3.8) is 0 Å². The van der Waals surface area contributed by atoms with Crippen LogP contribution in [0.1, 0.15) is 37.3 Å². The summed E-state index contributed by atoms with van der Waals surface area (Å²) in [5, 5.41) is 15.7. The summed E-state index contributed by atoms with van der Waals surface area (Å²) in [5.74, 6) is 0.579. The van der Waals surface area contributed by atoms with E-state index in [1.54, 1.807) is 18.3 Å². The van der Waals surface area contributed by atoms with Crippen LogP contribution in [0, 0.1) is 10.1 Å². The minimum Gasteiger partial charge on any atom is -0.258 e. The summed E-state index contributed by atoms with van der Waals surface area (Å²) in [7, 11) is 0. The normalized spacial score (nSPS) is 15.5. The van der Waals surface area contributed by atoms with E-state index in [4.69, 9.17) is 11.6 Å². The summed E-state index contributed by atoms with van der Waals surface area (Å²) in [6.45, 7) is 0. The monoisotopic (exact) mass is 370 g/mol. The highest BCUT2D eigenvalue weighted by Gasteiger charge is 2.33. The van der Waals surface area contributed by atoms with Crippen LogP contribution in [0.25, 0.3) is 5.82 Å². The van der Waals surface area contributed by atoms with Crippen molar-refractivity contribution in [1.29, 1.82) is 0 Å². The molecular weight excluding hydrogens is 360 g/mol. The maximum atomic E-state index is 11.3. The average Bonchev–Trinajstić information content (AvgIpc) is 3.07. The molecule has 21 heavy (non-hydrogen) atoms. The van der Waals surface area contributed by atoms with E-state index in [1.165, 1.54) is 4.68 Å². The quantitative estimate of drug-likeness (QED) is 0.597. The lowest BCUT2D eigenvalue weighted by molar-refractivity contribution is -0.385. The van der Waals surface area contributed by atoms with E-state index in [9.17, 15) is 10.1 Å². The summed E-state index contributed by atoms with van der Waals surface area (Å²) in [6, 6.07) is 3.51. The fourth-order valence-electron chi connectivity index (χ4n) is 2.69. The standard InChI is InChI=1S/C13H12BrClN4O2/c14-9-5-6-10(16-7-9)18-13(15)12(19(20)21)11(17-18)8-3-1-2-4-8/h5-8H,1-4H2. The van der Waals surface area contributed by atoms with Crippen LogP contribution in [0.4, 0.5) is 5.69 Å². The summed E-state index contributed by atoms with van der Waals surface area (Å²) in [4.78, 5) is 15.1. The van der Waals surface area contributed by atoms with Crippen LogP contribution in [0.5, 0.6) is 0 Å². The Hall–Kier alpha value is -1.47. The third kappa shape index (κ3) is 2.67. The van der Waals surface area contributed by atoms with Crippen LogP contribution >= 0.6 is 27.5 Å². The SMILES string of the molecule is O=[N+]([O-])c1c(C2CCCC2)nn(-c2ccc(Br)cn2)c1Cl. The molecule has 0 atom stereocenters. The Morgan fingerprint density at radius 2 is 2.10 bits per heavy atom. The number of aromatic nitrogens is 3. The maximum Gasteiger partial charge on any atom is 0.329 e. The molecule has 0 aromatic carbocycles. The fraction of sp³-hybridized carbons (Fsp3) is 0.385. The second kappa shape index (κ2) is 5.73. The second-order valence-electron chi connectivity index (χ2n) is 5.01. The lowest BCUT2D eigenvalue weighted by Gasteiger charge is -2.03. The zero-order valence-corrected chi connectivity index (χ0v) is 13.3. The Bertz CT molecular complexity index is 680. The fourth-order valence-corrected chi connectivity index (χ4v) is 3.22. The molecule has 0 bridgehead atoms. The average molecular weight is 372 g/mol. The van der Waals surface area contributed by atoms with Crippen molar-refractivity contribution < 1.29 is 4.92 Å². The van der Waals surface area contributed by atoms with Crippen LogP contribution in [-0.2, 0) is 0 Å². The van der Waals surface area contributed by atoms with Crippen molar-refractivity contribution in [3.05, 3.63) is 43.8 Å². The third-order valence-electron chi connectivity index (χ3n) is 3.68. The van der Waals surface area contributed by atoms with E-state index in [-0.39, 0.29) is 16.8 Å². The highest BCUT2D eigenvalue weighted by molar-refractivity contribution is 9.10. The Labute approximate surface area is 134 Å². The minimum absolute atomic E-state index is 0.0109. The first-order valence-electron chi connectivity index (χ1n) is 6.62. The van der Waals surface area contributed by atoms with Gasteiger partial charge in [0.1, 0.15) is 5.69 Å². The summed E-state index contributed by atoms with van der Waals surface area (Å²) < 4.78 is 2.17. The van der Waals surface area contributed by atoms with E-state index in [0.717, 1.165) is 30.2 Å². The second-order valence-corrected chi connectivity index (χ2v) is 6.28. The van der Waals surface area contributed by atoms with Gasteiger partial charge in [-0.25, -0.2) is 4.98 Å². The van der Waals surface area contributed by atoms with E-state index in [0.29, 0.717) is 11.5 Å². The first-order valence-corrected chi connectivity index (χ1v) is 7.79. The van der Waals surface area contributed by atoms with Crippen molar-refractivity contribution >= 4 is 33.2 Å². The molecule has 110 valence electrons. The van der Waals surface area contributed by atoms with Crippen LogP contribution in [0.3, 0.4) is 0 Å². The van der Waals surface area contributed by atoms with Gasteiger partial charge >= 0.3 is 5.69 Å². The number of nitrogens with zero attached hydrogens (tertiary/aromatic N) is 4. The summed E-state index contributed by atoms with van der Waals surface area (Å²) in [5.41, 5.74) is 0.389. The molecule has 1 aliphatic carbocycles. The van der Waals surface area contributed by atoms with Gasteiger partial charge in [-0.1, -0.05) is 24.4 Å². The zero-order chi connectivity index (χ0) is 15.0. The molecule has 6 nitrogen and oxygen atoms in total. The Morgan fingerprint density at radius 1 is 1.38 bits per heavy atom. The summed E-state index contributed by atoms with van der Waals surface area (Å²) in [6.07, 6.45) is 5.59. The molecule has 1 fully saturated rings. The molecule has 0 spiro atoms. The molecule has 0 radical (unpaired) electrons. The molecule has 2 aromatic rings. The highest BCUT2D eigenvalue weighted by atomic mass is 79.9. The lowest BCUT2D eigenvalue weighted by atomic mass is 10.0. The Kier molecular flexibility index (Phi) is 3.95. The zero-order valence-electron chi connectivity index (χ0n) is 11.0. The minimum atomic E-state index is -0.446. The van der Waals surface area contributed by atoms with Crippen molar-refractivity contribution in [2.45, 2.75) is 31.6 Å². The van der Waals surface area contributed by atoms with Gasteiger partial charge in [0.2, 0.25) is 5.15 Å². The van der Waals surface area contributed by atoms with Gasteiger partial charge in [-0.2, -0.15) is 9.78 Å². The molecule has 1 aliphatic rings. The van der Waals surface area contributed by atoms with E-state index >= 15 is 0 Å². The highest BCUT2D eigenvalue weighted by Crippen LogP contribution is 2.41. The van der Waals surface area contributed by atoms with Gasteiger partial charge in [0, 0.05) is 16.6 Å². The van der Waals surface area contributed by atoms with Gasteiger partial charge in [-0.05, 0) is 40.9 Å². The Morgan fingerprint density at radius 3 is 2.67 bits per heavy atom. The molecule has 2 heterocycles. The molecule has 0 N–H and O–H groups in total. The molecule has 0 amide bonds. The molecule has 8 heteroatoms. The summed E-state index contributed by atoms with van der Waals surface area (Å²) >= 11 is 9.48. The Balaban J connectivity index is 2.11. The lowest BCUT2D eigenvalue weighted by Crippen LogP contribution is -2.01. The molecule has 0 saturated heterocycles. The number of hydrogen-bond acceptors (Lipinski definition) is 4. The number of rotatable bonds is 3. The maximum absolute atomic E-state index is 11.3.